The average Bonchev–Trinajstić information content (AvgIpc) is 2.65. The van der Waals surface area contributed by atoms with Crippen molar-refractivity contribution in [2.45, 2.75) is 24.7 Å². The van der Waals surface area contributed by atoms with E-state index >= 15 is 0 Å². The molecule has 1 unspecified atom stereocenters. The Morgan fingerprint density at radius 1 is 1.41 bits per heavy atom. The number of piperidine rings is 1. The number of para-hydroxylation sites is 1. The second-order valence-corrected chi connectivity index (χ2v) is 8.53. The summed E-state index contributed by atoms with van der Waals surface area (Å²) in [7, 11) is -3.72. The van der Waals surface area contributed by atoms with Gasteiger partial charge in [-0.05, 0) is 37.5 Å². The zero-order valence-electron chi connectivity index (χ0n) is 15.2. The van der Waals surface area contributed by atoms with Gasteiger partial charge in [-0.25, -0.2) is 8.42 Å². The third-order valence-electron chi connectivity index (χ3n) is 4.63. The third-order valence-corrected chi connectivity index (χ3v) is 6.52. The molecule has 0 spiro atoms. The van der Waals surface area contributed by atoms with Gasteiger partial charge in [0, 0.05) is 37.8 Å². The smallest absolute Gasteiger partial charge is 0.245 e. The number of fused-ring (bicyclic) bond motifs is 1. The van der Waals surface area contributed by atoms with Crippen LogP contribution in [0.15, 0.2) is 35.4 Å². The van der Waals surface area contributed by atoms with Crippen LogP contribution in [0, 0.1) is 12.8 Å². The van der Waals surface area contributed by atoms with E-state index in [2.05, 4.69) is 10.3 Å². The second-order valence-electron chi connectivity index (χ2n) is 6.62. The lowest BCUT2D eigenvalue weighted by atomic mass is 9.99. The summed E-state index contributed by atoms with van der Waals surface area (Å²) in [6.45, 7) is 3.27. The van der Waals surface area contributed by atoms with Crippen LogP contribution in [-0.2, 0) is 14.8 Å². The van der Waals surface area contributed by atoms with Gasteiger partial charge in [0.05, 0.1) is 11.4 Å². The van der Waals surface area contributed by atoms with Gasteiger partial charge in [-0.2, -0.15) is 4.31 Å². The van der Waals surface area contributed by atoms with Crippen LogP contribution in [0.2, 0.25) is 0 Å². The van der Waals surface area contributed by atoms with E-state index < -0.39 is 10.0 Å². The van der Waals surface area contributed by atoms with Gasteiger partial charge in [-0.15, -0.1) is 12.4 Å². The van der Waals surface area contributed by atoms with E-state index in [1.165, 1.54) is 4.31 Å². The molecule has 3 N–H and O–H groups in total. The summed E-state index contributed by atoms with van der Waals surface area (Å²) in [6.07, 6.45) is 2.99. The number of sulfonamides is 1. The molecule has 1 atom stereocenters. The van der Waals surface area contributed by atoms with Crippen molar-refractivity contribution in [1.82, 2.24) is 14.6 Å². The molecule has 0 bridgehead atoms. The summed E-state index contributed by atoms with van der Waals surface area (Å²) < 4.78 is 27.8. The van der Waals surface area contributed by atoms with Crippen LogP contribution < -0.4 is 11.1 Å². The molecular formula is C18H25ClN4O3S. The molecule has 0 saturated carbocycles. The molecule has 9 heteroatoms. The van der Waals surface area contributed by atoms with E-state index in [9.17, 15) is 13.2 Å². The van der Waals surface area contributed by atoms with E-state index in [0.29, 0.717) is 38.0 Å². The fraction of sp³-hybridized carbons (Fsp3) is 0.444. The Balaban J connectivity index is 0.00000261. The quantitative estimate of drug-likeness (QED) is 0.773. The van der Waals surface area contributed by atoms with E-state index in [1.807, 2.05) is 19.1 Å². The first-order valence-corrected chi connectivity index (χ1v) is 10.2. The number of benzene rings is 1. The summed E-state index contributed by atoms with van der Waals surface area (Å²) in [6, 6.07) is 7.08. The number of halogens is 1. The number of aryl methyl sites for hydroxylation is 1. The predicted molar refractivity (Wildman–Crippen MR) is 107 cm³/mol. The van der Waals surface area contributed by atoms with Gasteiger partial charge in [0.1, 0.15) is 4.90 Å². The van der Waals surface area contributed by atoms with Gasteiger partial charge in [-0.3, -0.25) is 9.78 Å². The van der Waals surface area contributed by atoms with Crippen LogP contribution >= 0.6 is 12.4 Å². The van der Waals surface area contributed by atoms with Crippen LogP contribution in [0.25, 0.3) is 10.9 Å². The number of hydrogen-bond acceptors (Lipinski definition) is 5. The van der Waals surface area contributed by atoms with Crippen molar-refractivity contribution in [2.24, 2.45) is 11.7 Å². The molecule has 1 aliphatic rings. The highest BCUT2D eigenvalue weighted by molar-refractivity contribution is 7.89. The Hall–Kier alpha value is -1.74. The van der Waals surface area contributed by atoms with Crippen molar-refractivity contribution in [1.29, 1.82) is 0 Å². The number of hydrogen-bond donors (Lipinski definition) is 2. The third kappa shape index (κ3) is 4.57. The molecule has 2 aromatic rings. The van der Waals surface area contributed by atoms with Gasteiger partial charge < -0.3 is 11.1 Å². The highest BCUT2D eigenvalue weighted by Gasteiger charge is 2.34. The molecule has 1 fully saturated rings. The molecular weight excluding hydrogens is 388 g/mol. The molecule has 148 valence electrons. The standard InChI is InChI=1S/C18H24N4O3S.ClH/c1-13-10-14-4-2-6-16(17(14)21-11-13)26(24,25)22-9-3-5-15(12-22)18(23)20-8-7-19;/h2,4,6,10-11,15H,3,5,7-9,12,19H2,1H3,(H,20,23);1H. The largest absolute Gasteiger partial charge is 0.355 e. The Morgan fingerprint density at radius 2 is 2.19 bits per heavy atom. The fourth-order valence-corrected chi connectivity index (χ4v) is 4.99. The zero-order chi connectivity index (χ0) is 18.7. The number of carbonyl (C=O) groups excluding carboxylic acids is 1. The minimum absolute atomic E-state index is 0. The highest BCUT2D eigenvalue weighted by atomic mass is 35.5. The van der Waals surface area contributed by atoms with Gasteiger partial charge in [0.15, 0.2) is 0 Å². The number of pyridine rings is 1. The first-order valence-electron chi connectivity index (χ1n) is 8.77. The van der Waals surface area contributed by atoms with Gasteiger partial charge in [0.25, 0.3) is 0 Å². The normalized spacial score (nSPS) is 18.1. The molecule has 3 rings (SSSR count). The molecule has 7 nitrogen and oxygen atoms in total. The maximum absolute atomic E-state index is 13.2. The molecule has 2 heterocycles. The second kappa shape index (κ2) is 8.97. The van der Waals surface area contributed by atoms with Crippen LogP contribution in [0.5, 0.6) is 0 Å². The molecule has 1 aromatic carbocycles. The molecule has 1 amide bonds. The molecule has 1 saturated heterocycles. The van der Waals surface area contributed by atoms with Crippen molar-refractivity contribution in [3.05, 3.63) is 36.0 Å². The Bertz CT molecular complexity index is 920. The topological polar surface area (TPSA) is 105 Å². The van der Waals surface area contributed by atoms with E-state index in [1.54, 1.807) is 18.3 Å². The van der Waals surface area contributed by atoms with E-state index in [-0.39, 0.29) is 35.7 Å². The first kappa shape index (κ1) is 21.6. The monoisotopic (exact) mass is 412 g/mol. The van der Waals surface area contributed by atoms with Crippen molar-refractivity contribution >= 4 is 39.2 Å². The Labute approximate surface area is 165 Å². The van der Waals surface area contributed by atoms with E-state index in [0.717, 1.165) is 10.9 Å². The molecule has 0 aliphatic carbocycles. The number of nitrogens with one attached hydrogen (secondary N) is 1. The Kier molecular flexibility index (Phi) is 7.16. The number of nitrogens with two attached hydrogens (primary N) is 1. The summed E-state index contributed by atoms with van der Waals surface area (Å²) in [4.78, 5) is 16.7. The van der Waals surface area contributed by atoms with Crippen molar-refractivity contribution in [2.75, 3.05) is 26.2 Å². The Morgan fingerprint density at radius 3 is 2.93 bits per heavy atom. The summed E-state index contributed by atoms with van der Waals surface area (Å²) in [5.74, 6) is -0.489. The molecule has 27 heavy (non-hydrogen) atoms. The number of amides is 1. The maximum atomic E-state index is 13.2. The minimum atomic E-state index is -3.72. The highest BCUT2D eigenvalue weighted by Crippen LogP contribution is 2.28. The number of rotatable bonds is 5. The first-order chi connectivity index (χ1) is 12.4. The van der Waals surface area contributed by atoms with Gasteiger partial charge in [-0.1, -0.05) is 12.1 Å². The SMILES string of the molecule is Cc1cnc2c(S(=O)(=O)N3CCCC(C(=O)NCCN)C3)cccc2c1.Cl. The van der Waals surface area contributed by atoms with Gasteiger partial charge >= 0.3 is 0 Å². The molecule has 0 radical (unpaired) electrons. The maximum Gasteiger partial charge on any atom is 0.245 e. The average molecular weight is 413 g/mol. The lowest BCUT2D eigenvalue weighted by Gasteiger charge is -2.31. The van der Waals surface area contributed by atoms with Gasteiger partial charge in [0.2, 0.25) is 15.9 Å². The lowest BCUT2D eigenvalue weighted by Crippen LogP contribution is -2.46. The number of carbonyl (C=O) groups is 1. The number of nitrogens with zero attached hydrogens (tertiary/aromatic N) is 2. The summed E-state index contributed by atoms with van der Waals surface area (Å²) >= 11 is 0. The molecule has 1 aliphatic heterocycles. The van der Waals surface area contributed by atoms with Crippen LogP contribution in [0.4, 0.5) is 0 Å². The van der Waals surface area contributed by atoms with Crippen molar-refractivity contribution in [3.63, 3.8) is 0 Å². The summed E-state index contributed by atoms with van der Waals surface area (Å²) in [5, 5.41) is 3.54. The minimum Gasteiger partial charge on any atom is -0.355 e. The zero-order valence-corrected chi connectivity index (χ0v) is 16.9. The fourth-order valence-electron chi connectivity index (χ4n) is 3.30. The number of aromatic nitrogens is 1. The van der Waals surface area contributed by atoms with Crippen molar-refractivity contribution in [3.8, 4) is 0 Å². The predicted octanol–water partition coefficient (Wildman–Crippen LogP) is 1.44. The molecule has 1 aromatic heterocycles. The van der Waals surface area contributed by atoms with Crippen molar-refractivity contribution < 1.29 is 13.2 Å². The van der Waals surface area contributed by atoms with Crippen LogP contribution in [0.3, 0.4) is 0 Å². The lowest BCUT2D eigenvalue weighted by molar-refractivity contribution is -0.126. The van der Waals surface area contributed by atoms with E-state index in [4.69, 9.17) is 5.73 Å². The van der Waals surface area contributed by atoms with Crippen LogP contribution in [0.1, 0.15) is 18.4 Å². The van der Waals surface area contributed by atoms with Crippen LogP contribution in [-0.4, -0.2) is 49.8 Å². The summed E-state index contributed by atoms with van der Waals surface area (Å²) in [5.41, 5.74) is 6.85.